The lowest BCUT2D eigenvalue weighted by Crippen LogP contribution is -2.57. The van der Waals surface area contributed by atoms with Crippen LogP contribution in [0.1, 0.15) is 13.8 Å². The minimum Gasteiger partial charge on any atom is -0.367 e. The van der Waals surface area contributed by atoms with Gasteiger partial charge in [0, 0.05) is 43.6 Å². The molecule has 1 saturated heterocycles. The first-order chi connectivity index (χ1) is 10.1. The Balaban J connectivity index is 1.80. The van der Waals surface area contributed by atoms with Gasteiger partial charge >= 0.3 is 0 Å². The topological polar surface area (TPSA) is 58.3 Å². The summed E-state index contributed by atoms with van der Waals surface area (Å²) in [6, 6.07) is 8.19. The second-order valence-electron chi connectivity index (χ2n) is 6.24. The lowest BCUT2D eigenvalue weighted by molar-refractivity contribution is 0.119. The molecule has 0 atom stereocenters. The fourth-order valence-electron chi connectivity index (χ4n) is 2.93. The van der Waals surface area contributed by atoms with E-state index < -0.39 is 0 Å². The van der Waals surface area contributed by atoms with Gasteiger partial charge in [0.2, 0.25) is 0 Å². The minimum absolute atomic E-state index is 0.0741. The highest BCUT2D eigenvalue weighted by molar-refractivity contribution is 5.90. The second-order valence-corrected chi connectivity index (χ2v) is 6.24. The van der Waals surface area contributed by atoms with E-state index in [1.165, 1.54) is 11.1 Å². The van der Waals surface area contributed by atoms with Gasteiger partial charge in [0.05, 0.1) is 17.4 Å². The molecule has 3 rings (SSSR count). The Labute approximate surface area is 125 Å². The quantitative estimate of drug-likeness (QED) is 0.926. The zero-order chi connectivity index (χ0) is 14.9. The molecule has 21 heavy (non-hydrogen) atoms. The lowest BCUT2D eigenvalue weighted by atomic mass is 10.0. The summed E-state index contributed by atoms with van der Waals surface area (Å²) in [5.41, 5.74) is 8.10. The van der Waals surface area contributed by atoms with Crippen LogP contribution in [0.25, 0.3) is 10.9 Å². The van der Waals surface area contributed by atoms with E-state index in [1.807, 2.05) is 18.3 Å². The Morgan fingerprint density at radius 3 is 2.57 bits per heavy atom. The van der Waals surface area contributed by atoms with Crippen molar-refractivity contribution in [3.8, 4) is 0 Å². The summed E-state index contributed by atoms with van der Waals surface area (Å²) in [5, 5.41) is 9.53. The molecule has 0 amide bonds. The number of hydrogen-bond acceptors (Lipinski definition) is 5. The van der Waals surface area contributed by atoms with Gasteiger partial charge in [-0.1, -0.05) is 18.2 Å². The van der Waals surface area contributed by atoms with Gasteiger partial charge < -0.3 is 10.6 Å². The summed E-state index contributed by atoms with van der Waals surface area (Å²) in [6.45, 7) is 9.17. The van der Waals surface area contributed by atoms with Gasteiger partial charge in [-0.3, -0.25) is 4.90 Å². The first kappa shape index (κ1) is 14.2. The number of benzene rings is 1. The van der Waals surface area contributed by atoms with Crippen molar-refractivity contribution >= 4 is 16.6 Å². The van der Waals surface area contributed by atoms with E-state index in [0.29, 0.717) is 6.54 Å². The molecule has 0 unspecified atom stereocenters. The molecule has 2 N–H and O–H groups in total. The van der Waals surface area contributed by atoms with Gasteiger partial charge in [-0.2, -0.15) is 10.2 Å². The van der Waals surface area contributed by atoms with Crippen molar-refractivity contribution in [2.24, 2.45) is 5.73 Å². The maximum absolute atomic E-state index is 5.88. The number of nitrogens with two attached hydrogens (primary N) is 1. The average Bonchev–Trinajstić information content (AvgIpc) is 2.54. The Morgan fingerprint density at radius 2 is 1.86 bits per heavy atom. The van der Waals surface area contributed by atoms with Gasteiger partial charge in [-0.25, -0.2) is 0 Å². The van der Waals surface area contributed by atoms with E-state index in [2.05, 4.69) is 46.0 Å². The summed E-state index contributed by atoms with van der Waals surface area (Å²) < 4.78 is 0. The van der Waals surface area contributed by atoms with E-state index in [0.717, 1.165) is 31.7 Å². The van der Waals surface area contributed by atoms with Crippen molar-refractivity contribution in [3.63, 3.8) is 0 Å². The van der Waals surface area contributed by atoms with Crippen LogP contribution in [0.2, 0.25) is 0 Å². The third kappa shape index (κ3) is 2.71. The van der Waals surface area contributed by atoms with Crippen LogP contribution in [0.3, 0.4) is 0 Å². The zero-order valence-corrected chi connectivity index (χ0v) is 12.8. The summed E-state index contributed by atoms with van der Waals surface area (Å²) in [6.07, 6.45) is 1.88. The predicted molar refractivity (Wildman–Crippen MR) is 86.5 cm³/mol. The zero-order valence-electron chi connectivity index (χ0n) is 12.8. The van der Waals surface area contributed by atoms with Gasteiger partial charge in [0.25, 0.3) is 0 Å². The standard InChI is InChI=1S/C16H23N5/c1-16(2,12-17)21-9-7-20(8-10-21)15-11-18-19-14-6-4-3-5-13(14)15/h3-6,11H,7-10,12,17H2,1-2H3. The highest BCUT2D eigenvalue weighted by atomic mass is 15.3. The van der Waals surface area contributed by atoms with Crippen LogP contribution in [0.5, 0.6) is 0 Å². The largest absolute Gasteiger partial charge is 0.367 e. The number of nitrogens with zero attached hydrogens (tertiary/aromatic N) is 4. The molecule has 0 radical (unpaired) electrons. The van der Waals surface area contributed by atoms with Crippen LogP contribution in [0.15, 0.2) is 30.5 Å². The van der Waals surface area contributed by atoms with Gasteiger partial charge in [-0.05, 0) is 19.9 Å². The molecule has 1 aromatic carbocycles. The molecule has 2 heterocycles. The normalized spacial score (nSPS) is 17.4. The van der Waals surface area contributed by atoms with Crippen LogP contribution in [-0.2, 0) is 0 Å². The Kier molecular flexibility index (Phi) is 3.78. The third-order valence-corrected chi connectivity index (χ3v) is 4.50. The SMILES string of the molecule is CC(C)(CN)N1CCN(c2cnnc3ccccc23)CC1. The summed E-state index contributed by atoms with van der Waals surface area (Å²) in [7, 11) is 0. The van der Waals surface area contributed by atoms with Crippen molar-refractivity contribution in [1.29, 1.82) is 0 Å². The van der Waals surface area contributed by atoms with E-state index >= 15 is 0 Å². The number of hydrogen-bond donors (Lipinski definition) is 1. The second kappa shape index (κ2) is 5.58. The molecule has 5 heteroatoms. The molecule has 0 spiro atoms. The molecule has 1 fully saturated rings. The summed E-state index contributed by atoms with van der Waals surface area (Å²) in [5.74, 6) is 0. The van der Waals surface area contributed by atoms with Crippen LogP contribution in [-0.4, -0.2) is 53.4 Å². The number of aromatic nitrogens is 2. The maximum atomic E-state index is 5.88. The van der Waals surface area contributed by atoms with Gasteiger partial charge in [-0.15, -0.1) is 0 Å². The van der Waals surface area contributed by atoms with Crippen LogP contribution in [0.4, 0.5) is 5.69 Å². The van der Waals surface area contributed by atoms with Crippen molar-refractivity contribution in [3.05, 3.63) is 30.5 Å². The van der Waals surface area contributed by atoms with Crippen LogP contribution < -0.4 is 10.6 Å². The minimum atomic E-state index is 0.0741. The first-order valence-electron chi connectivity index (χ1n) is 7.52. The third-order valence-electron chi connectivity index (χ3n) is 4.50. The highest BCUT2D eigenvalue weighted by Gasteiger charge is 2.29. The fourth-order valence-corrected chi connectivity index (χ4v) is 2.93. The van der Waals surface area contributed by atoms with Gasteiger partial charge in [0.1, 0.15) is 0 Å². The Hall–Kier alpha value is -1.72. The summed E-state index contributed by atoms with van der Waals surface area (Å²) in [4.78, 5) is 4.88. The van der Waals surface area contributed by atoms with Crippen molar-refractivity contribution in [2.45, 2.75) is 19.4 Å². The lowest BCUT2D eigenvalue weighted by Gasteiger charge is -2.44. The Bertz CT molecular complexity index is 612. The molecule has 2 aromatic rings. The molecule has 1 aliphatic heterocycles. The summed E-state index contributed by atoms with van der Waals surface area (Å²) >= 11 is 0. The molecule has 1 aromatic heterocycles. The highest BCUT2D eigenvalue weighted by Crippen LogP contribution is 2.26. The van der Waals surface area contributed by atoms with Gasteiger partial charge in [0.15, 0.2) is 0 Å². The monoisotopic (exact) mass is 285 g/mol. The maximum Gasteiger partial charge on any atom is 0.0950 e. The van der Waals surface area contributed by atoms with Crippen LogP contribution in [0, 0.1) is 0 Å². The molecule has 5 nitrogen and oxygen atoms in total. The van der Waals surface area contributed by atoms with E-state index in [1.54, 1.807) is 0 Å². The number of anilines is 1. The number of piperazine rings is 1. The van der Waals surface area contributed by atoms with E-state index in [4.69, 9.17) is 5.73 Å². The molecule has 1 aliphatic rings. The van der Waals surface area contributed by atoms with Crippen molar-refractivity contribution < 1.29 is 0 Å². The molecule has 0 aliphatic carbocycles. The van der Waals surface area contributed by atoms with Crippen LogP contribution >= 0.6 is 0 Å². The number of rotatable bonds is 3. The first-order valence-corrected chi connectivity index (χ1v) is 7.52. The number of fused-ring (bicyclic) bond motifs is 1. The van der Waals surface area contributed by atoms with Crippen molar-refractivity contribution in [1.82, 2.24) is 15.1 Å². The van der Waals surface area contributed by atoms with E-state index in [-0.39, 0.29) is 5.54 Å². The average molecular weight is 285 g/mol. The fraction of sp³-hybridized carbons (Fsp3) is 0.500. The molecule has 112 valence electrons. The molecular formula is C16H23N5. The van der Waals surface area contributed by atoms with E-state index in [9.17, 15) is 0 Å². The predicted octanol–water partition coefficient (Wildman–Crippen LogP) is 1.49. The Morgan fingerprint density at radius 1 is 1.14 bits per heavy atom. The molecular weight excluding hydrogens is 262 g/mol. The molecule has 0 bridgehead atoms. The van der Waals surface area contributed by atoms with Crippen molar-refractivity contribution in [2.75, 3.05) is 37.6 Å². The smallest absolute Gasteiger partial charge is 0.0950 e. The molecule has 0 saturated carbocycles.